The fraction of sp³-hybridized carbons (Fsp3) is 0.703. The summed E-state index contributed by atoms with van der Waals surface area (Å²) >= 11 is 0. The molecule has 0 rings (SSSR count). The minimum Gasteiger partial charge on any atom is -0.462 e. The third-order valence-electron chi connectivity index (χ3n) is 12.3. The van der Waals surface area contributed by atoms with Gasteiger partial charge in [0.1, 0.15) is 13.2 Å². The zero-order chi connectivity index (χ0) is 50.7. The van der Waals surface area contributed by atoms with Crippen molar-refractivity contribution in [3.05, 3.63) is 97.2 Å². The van der Waals surface area contributed by atoms with Gasteiger partial charge in [-0.15, -0.1) is 0 Å². The molecule has 0 radical (unpaired) electrons. The van der Waals surface area contributed by atoms with Gasteiger partial charge in [0.25, 0.3) is 0 Å². The second-order valence-corrected chi connectivity index (χ2v) is 19.2. The summed E-state index contributed by atoms with van der Waals surface area (Å²) < 4.78 is 16.9. The molecule has 1 atom stereocenters. The summed E-state index contributed by atoms with van der Waals surface area (Å²) in [6, 6.07) is 0. The second-order valence-electron chi connectivity index (χ2n) is 19.2. The Kier molecular flexibility index (Phi) is 54.9. The van der Waals surface area contributed by atoms with Gasteiger partial charge in [0.05, 0.1) is 0 Å². The number of rotatable bonds is 52. The molecule has 400 valence electrons. The first kappa shape index (κ1) is 66.3. The third kappa shape index (κ3) is 55.3. The Bertz CT molecular complexity index is 1400. The fourth-order valence-corrected chi connectivity index (χ4v) is 7.91. The van der Waals surface area contributed by atoms with E-state index in [0.717, 1.165) is 122 Å². The molecule has 0 aliphatic rings. The van der Waals surface area contributed by atoms with Gasteiger partial charge in [-0.25, -0.2) is 0 Å². The van der Waals surface area contributed by atoms with Crippen molar-refractivity contribution >= 4 is 17.9 Å². The van der Waals surface area contributed by atoms with Crippen LogP contribution in [0.4, 0.5) is 0 Å². The number of unbranched alkanes of at least 4 members (excludes halogenated alkanes) is 25. The fourth-order valence-electron chi connectivity index (χ4n) is 7.91. The topological polar surface area (TPSA) is 78.9 Å². The van der Waals surface area contributed by atoms with Gasteiger partial charge in [0, 0.05) is 19.3 Å². The van der Waals surface area contributed by atoms with Gasteiger partial charge in [-0.2, -0.15) is 0 Å². The van der Waals surface area contributed by atoms with Crippen molar-refractivity contribution < 1.29 is 28.6 Å². The molecule has 6 heteroatoms. The van der Waals surface area contributed by atoms with Crippen LogP contribution in [-0.4, -0.2) is 37.2 Å². The summed E-state index contributed by atoms with van der Waals surface area (Å²) in [6.07, 6.45) is 76.7. The number of carbonyl (C=O) groups is 3. The van der Waals surface area contributed by atoms with Crippen LogP contribution in [0, 0.1) is 0 Å². The molecule has 0 aliphatic carbocycles. The Hall–Kier alpha value is -3.67. The van der Waals surface area contributed by atoms with E-state index in [0.29, 0.717) is 19.3 Å². The molecular formula is C64H108O6. The lowest BCUT2D eigenvalue weighted by Crippen LogP contribution is -2.30. The monoisotopic (exact) mass is 973 g/mol. The van der Waals surface area contributed by atoms with E-state index in [1.54, 1.807) is 0 Å². The van der Waals surface area contributed by atoms with Crippen molar-refractivity contribution in [1.82, 2.24) is 0 Å². The van der Waals surface area contributed by atoms with Gasteiger partial charge in [-0.05, 0) is 122 Å². The van der Waals surface area contributed by atoms with Gasteiger partial charge in [-0.1, -0.05) is 227 Å². The Balaban J connectivity index is 4.46. The molecule has 0 aliphatic heterocycles. The van der Waals surface area contributed by atoms with Crippen LogP contribution in [0.25, 0.3) is 0 Å². The molecule has 6 nitrogen and oxygen atoms in total. The third-order valence-corrected chi connectivity index (χ3v) is 12.3. The largest absolute Gasteiger partial charge is 0.462 e. The van der Waals surface area contributed by atoms with E-state index in [2.05, 4.69) is 118 Å². The van der Waals surface area contributed by atoms with E-state index in [4.69, 9.17) is 14.2 Å². The molecule has 0 aromatic heterocycles. The lowest BCUT2D eigenvalue weighted by Gasteiger charge is -2.18. The predicted molar refractivity (Wildman–Crippen MR) is 302 cm³/mol. The Morgan fingerprint density at radius 1 is 0.300 bits per heavy atom. The number of allylic oxidation sites excluding steroid dienone is 16. The Morgan fingerprint density at radius 2 is 0.557 bits per heavy atom. The standard InChI is InChI=1S/C64H108O6/c1-4-7-10-13-16-19-22-25-28-31-34-36-39-42-45-48-51-54-57-63(66)69-60-61(70-64(67)58-55-52-49-46-43-40-37-33-30-27-24-21-18-15-12-9-6-3)59-68-62(65)56-53-50-47-44-41-38-35-32-29-26-23-20-17-14-11-8-5-2/h9,12,17-22,26-31,37,40,61H,4-8,10-11,13-16,23-25,32-36,38-39,41-60H2,1-3H3/b12-9-,20-17-,21-18-,22-19-,29-26-,30-27-,31-28-,40-37-. The summed E-state index contributed by atoms with van der Waals surface area (Å²) in [6.45, 7) is 6.46. The van der Waals surface area contributed by atoms with Gasteiger partial charge in [0.15, 0.2) is 6.10 Å². The molecule has 0 fully saturated rings. The lowest BCUT2D eigenvalue weighted by molar-refractivity contribution is -0.167. The first-order valence-electron chi connectivity index (χ1n) is 29.2. The molecule has 70 heavy (non-hydrogen) atoms. The molecular weight excluding hydrogens is 865 g/mol. The number of hydrogen-bond donors (Lipinski definition) is 0. The maximum absolute atomic E-state index is 12.9. The zero-order valence-electron chi connectivity index (χ0n) is 45.8. The van der Waals surface area contributed by atoms with E-state index < -0.39 is 6.10 Å². The highest BCUT2D eigenvalue weighted by molar-refractivity contribution is 5.71. The maximum atomic E-state index is 12.9. The molecule has 0 amide bonds. The van der Waals surface area contributed by atoms with Gasteiger partial charge < -0.3 is 14.2 Å². The zero-order valence-corrected chi connectivity index (χ0v) is 45.8. The van der Waals surface area contributed by atoms with Crippen molar-refractivity contribution in [1.29, 1.82) is 0 Å². The van der Waals surface area contributed by atoms with Crippen molar-refractivity contribution in [2.45, 2.75) is 277 Å². The van der Waals surface area contributed by atoms with E-state index >= 15 is 0 Å². The summed E-state index contributed by atoms with van der Waals surface area (Å²) in [4.78, 5) is 38.2. The minimum absolute atomic E-state index is 0.0948. The highest BCUT2D eigenvalue weighted by Gasteiger charge is 2.19. The van der Waals surface area contributed by atoms with E-state index in [1.165, 1.54) is 109 Å². The molecule has 1 unspecified atom stereocenters. The van der Waals surface area contributed by atoms with Gasteiger partial charge in [0.2, 0.25) is 0 Å². The van der Waals surface area contributed by atoms with Crippen molar-refractivity contribution in [2.24, 2.45) is 0 Å². The molecule has 0 saturated heterocycles. The number of esters is 3. The number of ether oxygens (including phenoxy) is 3. The highest BCUT2D eigenvalue weighted by atomic mass is 16.6. The summed E-state index contributed by atoms with van der Waals surface area (Å²) in [7, 11) is 0. The summed E-state index contributed by atoms with van der Waals surface area (Å²) in [5, 5.41) is 0. The van der Waals surface area contributed by atoms with Crippen LogP contribution in [0.1, 0.15) is 271 Å². The van der Waals surface area contributed by atoms with Crippen molar-refractivity contribution in [3.63, 3.8) is 0 Å². The van der Waals surface area contributed by atoms with E-state index in [1.807, 2.05) is 0 Å². The van der Waals surface area contributed by atoms with Crippen LogP contribution >= 0.6 is 0 Å². The minimum atomic E-state index is -0.799. The molecule has 0 aromatic rings. The first-order chi connectivity index (χ1) is 34.5. The summed E-state index contributed by atoms with van der Waals surface area (Å²) in [5.74, 6) is -0.930. The lowest BCUT2D eigenvalue weighted by atomic mass is 10.1. The second kappa shape index (κ2) is 57.9. The highest BCUT2D eigenvalue weighted by Crippen LogP contribution is 2.14. The van der Waals surface area contributed by atoms with Gasteiger partial charge >= 0.3 is 17.9 Å². The van der Waals surface area contributed by atoms with E-state index in [-0.39, 0.29) is 31.1 Å². The number of carbonyl (C=O) groups excluding carboxylic acids is 3. The van der Waals surface area contributed by atoms with Crippen LogP contribution < -0.4 is 0 Å². The van der Waals surface area contributed by atoms with Gasteiger partial charge in [-0.3, -0.25) is 14.4 Å². The van der Waals surface area contributed by atoms with Crippen LogP contribution in [0.15, 0.2) is 97.2 Å². The molecule has 0 aromatic carbocycles. The van der Waals surface area contributed by atoms with Crippen molar-refractivity contribution in [2.75, 3.05) is 13.2 Å². The molecule has 0 spiro atoms. The summed E-state index contributed by atoms with van der Waals surface area (Å²) in [5.41, 5.74) is 0. The smallest absolute Gasteiger partial charge is 0.306 e. The average Bonchev–Trinajstić information content (AvgIpc) is 3.36. The predicted octanol–water partition coefficient (Wildman–Crippen LogP) is 19.7. The normalized spacial score (nSPS) is 12.8. The first-order valence-corrected chi connectivity index (χ1v) is 29.2. The van der Waals surface area contributed by atoms with Crippen LogP contribution in [0.2, 0.25) is 0 Å². The quantitative estimate of drug-likeness (QED) is 0.0262. The molecule has 0 heterocycles. The van der Waals surface area contributed by atoms with Crippen molar-refractivity contribution in [3.8, 4) is 0 Å². The SMILES string of the molecule is CC/C=C\C/C=C\C/C=C\C/C=C\CCCCCCC(=O)OC(COC(=O)CCCCCCCCC/C=C\C/C=C\CCCCC)COC(=O)CCCCCCCCC/C=C\C/C=C\CCCCCC. The number of hydrogen-bond acceptors (Lipinski definition) is 6. The Morgan fingerprint density at radius 3 is 0.900 bits per heavy atom. The van der Waals surface area contributed by atoms with Crippen LogP contribution in [0.3, 0.4) is 0 Å². The molecule has 0 bridgehead atoms. The molecule has 0 saturated carbocycles. The van der Waals surface area contributed by atoms with Crippen LogP contribution in [0.5, 0.6) is 0 Å². The maximum Gasteiger partial charge on any atom is 0.306 e. The van der Waals surface area contributed by atoms with E-state index in [9.17, 15) is 14.4 Å². The molecule has 0 N–H and O–H groups in total. The Labute approximate surface area is 432 Å². The van der Waals surface area contributed by atoms with Crippen LogP contribution in [-0.2, 0) is 28.6 Å². The average molecular weight is 974 g/mol.